The topological polar surface area (TPSA) is 52.6 Å². The van der Waals surface area contributed by atoms with Crippen molar-refractivity contribution in [3.8, 4) is 0 Å². The van der Waals surface area contributed by atoms with Gasteiger partial charge in [0.15, 0.2) is 0 Å². The van der Waals surface area contributed by atoms with Gasteiger partial charge in [-0.05, 0) is 44.2 Å². The van der Waals surface area contributed by atoms with Crippen molar-refractivity contribution in [2.75, 3.05) is 6.61 Å². The van der Waals surface area contributed by atoms with Crippen LogP contribution in [0, 0.1) is 0 Å². The van der Waals surface area contributed by atoms with Gasteiger partial charge in [-0.3, -0.25) is 0 Å². The second kappa shape index (κ2) is 22.4. The molecule has 0 saturated carbocycles. The lowest BCUT2D eigenvalue weighted by Crippen LogP contribution is -2.21. The fourth-order valence-corrected chi connectivity index (χ4v) is 4.57. The van der Waals surface area contributed by atoms with Crippen LogP contribution in [0.4, 0.5) is 0 Å². The molecule has 1 aromatic rings. The molecule has 0 heterocycles. The molecule has 1 aromatic carbocycles. The van der Waals surface area contributed by atoms with Gasteiger partial charge < -0.3 is 9.47 Å². The zero-order valence-electron chi connectivity index (χ0n) is 23.7. The molecule has 1 atom stereocenters. The molecule has 0 radical (unpaired) electrons. The number of ether oxygens (including phenoxy) is 2. The molecule has 0 fully saturated rings. The van der Waals surface area contributed by atoms with Crippen LogP contribution in [0.3, 0.4) is 0 Å². The van der Waals surface area contributed by atoms with Gasteiger partial charge in [0.05, 0.1) is 17.7 Å². The molecule has 0 bridgehead atoms. The molecule has 0 aliphatic carbocycles. The number of esters is 2. The van der Waals surface area contributed by atoms with Crippen molar-refractivity contribution in [3.05, 3.63) is 35.4 Å². The quantitative estimate of drug-likeness (QED) is 0.110. The minimum atomic E-state index is -0.426. The lowest BCUT2D eigenvalue weighted by atomic mass is 10.0. The van der Waals surface area contributed by atoms with E-state index in [1.807, 2.05) is 0 Å². The van der Waals surface area contributed by atoms with Gasteiger partial charge in [0.1, 0.15) is 6.10 Å². The molecule has 206 valence electrons. The molecule has 0 N–H and O–H groups in total. The first-order valence-electron chi connectivity index (χ1n) is 15.1. The molecule has 0 amide bonds. The van der Waals surface area contributed by atoms with E-state index in [9.17, 15) is 9.59 Å². The Morgan fingerprint density at radius 3 is 1.53 bits per heavy atom. The number of carbonyl (C=O) groups is 2. The maximum absolute atomic E-state index is 13.1. The lowest BCUT2D eigenvalue weighted by molar-refractivity contribution is 0.0240. The van der Waals surface area contributed by atoms with Crippen LogP contribution < -0.4 is 0 Å². The Morgan fingerprint density at radius 2 is 1.00 bits per heavy atom. The summed E-state index contributed by atoms with van der Waals surface area (Å²) in [5.74, 6) is -0.826. The standard InChI is InChI=1S/C32H54O4/c1-4-7-10-13-14-15-17-22-27-35-31(33)29-25-20-21-26-30(29)32(34)36-28(23-18-12-9-6-3)24-19-16-11-8-5-2/h20-21,25-26,28H,4-19,22-24,27H2,1-3H3. The van der Waals surface area contributed by atoms with Crippen LogP contribution in [-0.2, 0) is 9.47 Å². The second-order valence-corrected chi connectivity index (χ2v) is 10.2. The van der Waals surface area contributed by atoms with Crippen LogP contribution in [0.1, 0.15) is 163 Å². The predicted molar refractivity (Wildman–Crippen MR) is 151 cm³/mol. The van der Waals surface area contributed by atoms with E-state index in [1.165, 1.54) is 83.5 Å². The number of hydrogen-bond donors (Lipinski definition) is 0. The Bertz CT molecular complexity index is 684. The minimum Gasteiger partial charge on any atom is -0.462 e. The molecule has 36 heavy (non-hydrogen) atoms. The fourth-order valence-electron chi connectivity index (χ4n) is 4.57. The molecule has 0 aliphatic heterocycles. The Kier molecular flexibility index (Phi) is 20.0. The lowest BCUT2D eigenvalue weighted by Gasteiger charge is -2.19. The van der Waals surface area contributed by atoms with Crippen LogP contribution in [-0.4, -0.2) is 24.6 Å². The maximum atomic E-state index is 13.1. The molecule has 1 unspecified atom stereocenters. The Balaban J connectivity index is 2.56. The number of rotatable bonds is 23. The third kappa shape index (κ3) is 15.3. The average molecular weight is 503 g/mol. The van der Waals surface area contributed by atoms with E-state index in [0.717, 1.165) is 38.5 Å². The summed E-state index contributed by atoms with van der Waals surface area (Å²) in [5.41, 5.74) is 0.637. The molecular formula is C32H54O4. The van der Waals surface area contributed by atoms with Crippen LogP contribution in [0.2, 0.25) is 0 Å². The Morgan fingerprint density at radius 1 is 0.583 bits per heavy atom. The first-order valence-corrected chi connectivity index (χ1v) is 15.1. The highest BCUT2D eigenvalue weighted by Crippen LogP contribution is 2.20. The van der Waals surface area contributed by atoms with Crippen LogP contribution in [0.5, 0.6) is 0 Å². The van der Waals surface area contributed by atoms with Crippen molar-refractivity contribution in [1.82, 2.24) is 0 Å². The van der Waals surface area contributed by atoms with Gasteiger partial charge in [-0.2, -0.15) is 0 Å². The minimum absolute atomic E-state index is 0.0858. The number of carbonyl (C=O) groups excluding carboxylic acids is 2. The van der Waals surface area contributed by atoms with E-state index >= 15 is 0 Å². The van der Waals surface area contributed by atoms with Crippen LogP contribution in [0.25, 0.3) is 0 Å². The van der Waals surface area contributed by atoms with Crippen molar-refractivity contribution >= 4 is 11.9 Å². The van der Waals surface area contributed by atoms with Gasteiger partial charge >= 0.3 is 11.9 Å². The highest BCUT2D eigenvalue weighted by Gasteiger charge is 2.22. The molecule has 0 saturated heterocycles. The Labute approximate surface area is 221 Å². The number of benzene rings is 1. The zero-order chi connectivity index (χ0) is 26.3. The van der Waals surface area contributed by atoms with Gasteiger partial charge in [0.25, 0.3) is 0 Å². The van der Waals surface area contributed by atoms with E-state index in [0.29, 0.717) is 17.7 Å². The summed E-state index contributed by atoms with van der Waals surface area (Å²) in [5, 5.41) is 0. The summed E-state index contributed by atoms with van der Waals surface area (Å²) >= 11 is 0. The van der Waals surface area contributed by atoms with Gasteiger partial charge in [-0.25, -0.2) is 9.59 Å². The highest BCUT2D eigenvalue weighted by atomic mass is 16.5. The van der Waals surface area contributed by atoms with E-state index < -0.39 is 11.9 Å². The largest absolute Gasteiger partial charge is 0.462 e. The van der Waals surface area contributed by atoms with Crippen LogP contribution >= 0.6 is 0 Å². The van der Waals surface area contributed by atoms with Crippen molar-refractivity contribution in [2.45, 2.75) is 149 Å². The zero-order valence-corrected chi connectivity index (χ0v) is 23.7. The third-order valence-corrected chi connectivity index (χ3v) is 6.88. The SMILES string of the molecule is CCCCCCCCCCOC(=O)c1ccccc1C(=O)OC(CCCCCC)CCCCCCC. The predicted octanol–water partition coefficient (Wildman–Crippen LogP) is 9.84. The molecular weight excluding hydrogens is 448 g/mol. The highest BCUT2D eigenvalue weighted by molar-refractivity contribution is 6.03. The third-order valence-electron chi connectivity index (χ3n) is 6.88. The van der Waals surface area contributed by atoms with Crippen LogP contribution in [0.15, 0.2) is 24.3 Å². The van der Waals surface area contributed by atoms with E-state index in [1.54, 1.807) is 24.3 Å². The Hall–Kier alpha value is -1.84. The number of unbranched alkanes of at least 4 members (excludes halogenated alkanes) is 14. The molecule has 1 rings (SSSR count). The summed E-state index contributed by atoms with van der Waals surface area (Å²) in [6, 6.07) is 6.92. The first kappa shape index (κ1) is 32.2. The molecule has 4 nitrogen and oxygen atoms in total. The van der Waals surface area contributed by atoms with Crippen molar-refractivity contribution in [3.63, 3.8) is 0 Å². The smallest absolute Gasteiger partial charge is 0.339 e. The van der Waals surface area contributed by atoms with E-state index in [4.69, 9.17) is 9.47 Å². The summed E-state index contributed by atoms with van der Waals surface area (Å²) in [6.45, 7) is 7.05. The monoisotopic (exact) mass is 502 g/mol. The summed E-state index contributed by atoms with van der Waals surface area (Å²) in [4.78, 5) is 25.8. The summed E-state index contributed by atoms with van der Waals surface area (Å²) < 4.78 is 11.5. The molecule has 0 spiro atoms. The molecule has 0 aromatic heterocycles. The van der Waals surface area contributed by atoms with E-state index in [-0.39, 0.29) is 6.10 Å². The van der Waals surface area contributed by atoms with Crippen molar-refractivity contribution in [2.24, 2.45) is 0 Å². The maximum Gasteiger partial charge on any atom is 0.339 e. The van der Waals surface area contributed by atoms with Crippen molar-refractivity contribution < 1.29 is 19.1 Å². The van der Waals surface area contributed by atoms with Gasteiger partial charge in [-0.1, -0.05) is 123 Å². The normalized spacial score (nSPS) is 11.9. The summed E-state index contributed by atoms with van der Waals surface area (Å²) in [7, 11) is 0. The van der Waals surface area contributed by atoms with Gasteiger partial charge in [-0.15, -0.1) is 0 Å². The van der Waals surface area contributed by atoms with Gasteiger partial charge in [0, 0.05) is 0 Å². The summed E-state index contributed by atoms with van der Waals surface area (Å²) in [6.07, 6.45) is 21.9. The van der Waals surface area contributed by atoms with E-state index in [2.05, 4.69) is 20.8 Å². The molecule has 0 aliphatic rings. The second-order valence-electron chi connectivity index (χ2n) is 10.2. The fraction of sp³-hybridized carbons (Fsp3) is 0.750. The molecule has 4 heteroatoms. The van der Waals surface area contributed by atoms with Gasteiger partial charge in [0.2, 0.25) is 0 Å². The number of hydrogen-bond acceptors (Lipinski definition) is 4. The van der Waals surface area contributed by atoms with Crippen molar-refractivity contribution in [1.29, 1.82) is 0 Å². The first-order chi connectivity index (χ1) is 17.6. The average Bonchev–Trinajstić information content (AvgIpc) is 2.89.